The van der Waals surface area contributed by atoms with E-state index in [2.05, 4.69) is 21.2 Å². The third-order valence-corrected chi connectivity index (χ3v) is 4.24. The van der Waals surface area contributed by atoms with E-state index < -0.39 is 6.04 Å². The lowest BCUT2D eigenvalue weighted by Crippen LogP contribution is -2.42. The van der Waals surface area contributed by atoms with Crippen LogP contribution in [0, 0.1) is 5.92 Å². The summed E-state index contributed by atoms with van der Waals surface area (Å²) in [5.74, 6) is 1.68. The van der Waals surface area contributed by atoms with E-state index in [1.165, 1.54) is 0 Å². The van der Waals surface area contributed by atoms with Crippen molar-refractivity contribution >= 4 is 34.2 Å². The van der Waals surface area contributed by atoms with E-state index >= 15 is 0 Å². The largest absolute Gasteiger partial charge is 0.486 e. The van der Waals surface area contributed by atoms with Gasteiger partial charge < -0.3 is 20.5 Å². The molecule has 0 saturated heterocycles. The number of rotatable bonds is 5. The number of carbonyl (C=O) groups excluding carboxylic acids is 1. The molecule has 1 amide bonds. The summed E-state index contributed by atoms with van der Waals surface area (Å²) in [5.41, 5.74) is 6.86. The average Bonchev–Trinajstić information content (AvgIpc) is 2.45. The lowest BCUT2D eigenvalue weighted by Gasteiger charge is -2.23. The molecular weight excluding hydrogens is 384 g/mol. The molecule has 1 aromatic carbocycles. The van der Waals surface area contributed by atoms with Gasteiger partial charge in [0.15, 0.2) is 11.5 Å². The molecule has 2 atom stereocenters. The van der Waals surface area contributed by atoms with Crippen LogP contribution in [-0.2, 0) is 4.79 Å². The SMILES string of the molecule is CC(C)C[C@H](N)C(=O)NC(C)c1cc2c(cc1Br)OCCO2.Cl. The molecule has 1 heterocycles. The van der Waals surface area contributed by atoms with Gasteiger partial charge in [0.2, 0.25) is 5.91 Å². The first-order valence-corrected chi connectivity index (χ1v) is 8.32. The molecule has 0 saturated carbocycles. The first-order valence-electron chi connectivity index (χ1n) is 7.53. The van der Waals surface area contributed by atoms with Gasteiger partial charge in [-0.3, -0.25) is 4.79 Å². The highest BCUT2D eigenvalue weighted by molar-refractivity contribution is 9.10. The van der Waals surface area contributed by atoms with Crippen LogP contribution in [0.4, 0.5) is 0 Å². The lowest BCUT2D eigenvalue weighted by atomic mass is 10.0. The van der Waals surface area contributed by atoms with Crippen molar-refractivity contribution in [1.29, 1.82) is 0 Å². The van der Waals surface area contributed by atoms with Crippen LogP contribution in [-0.4, -0.2) is 25.2 Å². The second-order valence-electron chi connectivity index (χ2n) is 5.98. The van der Waals surface area contributed by atoms with Crippen LogP contribution in [0.25, 0.3) is 0 Å². The first-order chi connectivity index (χ1) is 10.4. The van der Waals surface area contributed by atoms with Gasteiger partial charge in [0.1, 0.15) is 13.2 Å². The van der Waals surface area contributed by atoms with Gasteiger partial charge in [-0.25, -0.2) is 0 Å². The summed E-state index contributed by atoms with van der Waals surface area (Å²) in [6, 6.07) is 3.12. The number of ether oxygens (including phenoxy) is 2. The molecule has 0 bridgehead atoms. The van der Waals surface area contributed by atoms with Crippen LogP contribution in [0.3, 0.4) is 0 Å². The maximum Gasteiger partial charge on any atom is 0.237 e. The summed E-state index contributed by atoms with van der Waals surface area (Å²) < 4.78 is 12.0. The van der Waals surface area contributed by atoms with Crippen molar-refractivity contribution in [3.63, 3.8) is 0 Å². The van der Waals surface area contributed by atoms with Crippen LogP contribution >= 0.6 is 28.3 Å². The molecule has 23 heavy (non-hydrogen) atoms. The highest BCUT2D eigenvalue weighted by Crippen LogP contribution is 2.37. The fourth-order valence-electron chi connectivity index (χ4n) is 2.42. The zero-order valence-electron chi connectivity index (χ0n) is 13.6. The number of benzene rings is 1. The summed E-state index contributed by atoms with van der Waals surface area (Å²) in [7, 11) is 0. The molecule has 0 radical (unpaired) electrons. The van der Waals surface area contributed by atoms with E-state index in [9.17, 15) is 4.79 Å². The number of hydrogen-bond donors (Lipinski definition) is 2. The molecular formula is C16H24BrClN2O3. The van der Waals surface area contributed by atoms with E-state index in [4.69, 9.17) is 15.2 Å². The lowest BCUT2D eigenvalue weighted by molar-refractivity contribution is -0.123. The van der Waals surface area contributed by atoms with Crippen molar-refractivity contribution in [3.05, 3.63) is 22.2 Å². The van der Waals surface area contributed by atoms with E-state index in [-0.39, 0.29) is 24.4 Å². The fourth-order valence-corrected chi connectivity index (χ4v) is 3.09. The molecule has 2 rings (SSSR count). The summed E-state index contributed by atoms with van der Waals surface area (Å²) in [4.78, 5) is 12.2. The summed E-state index contributed by atoms with van der Waals surface area (Å²) in [6.45, 7) is 7.11. The predicted molar refractivity (Wildman–Crippen MR) is 96.4 cm³/mol. The normalized spacial score (nSPS) is 15.6. The number of nitrogens with one attached hydrogen (secondary N) is 1. The van der Waals surface area contributed by atoms with Crippen LogP contribution in [0.15, 0.2) is 16.6 Å². The highest BCUT2D eigenvalue weighted by Gasteiger charge is 2.21. The van der Waals surface area contributed by atoms with E-state index in [0.717, 1.165) is 15.8 Å². The van der Waals surface area contributed by atoms with Gasteiger partial charge in [-0.1, -0.05) is 29.8 Å². The number of fused-ring (bicyclic) bond motifs is 1. The molecule has 0 spiro atoms. The van der Waals surface area contributed by atoms with Crippen LogP contribution in [0.1, 0.15) is 38.8 Å². The Kier molecular flexibility index (Phi) is 7.64. The van der Waals surface area contributed by atoms with Gasteiger partial charge in [-0.05, 0) is 37.0 Å². The second-order valence-corrected chi connectivity index (χ2v) is 6.84. The molecule has 5 nitrogen and oxygen atoms in total. The van der Waals surface area contributed by atoms with Crippen molar-refractivity contribution in [2.45, 2.75) is 39.3 Å². The van der Waals surface area contributed by atoms with Crippen molar-refractivity contribution in [3.8, 4) is 11.5 Å². The molecule has 0 aliphatic carbocycles. The Morgan fingerprint density at radius 1 is 1.26 bits per heavy atom. The number of halogens is 2. The Labute approximate surface area is 151 Å². The monoisotopic (exact) mass is 406 g/mol. The zero-order valence-corrected chi connectivity index (χ0v) is 16.0. The Bertz CT molecular complexity index is 554. The molecule has 0 aromatic heterocycles. The van der Waals surface area contributed by atoms with Crippen molar-refractivity contribution in [1.82, 2.24) is 5.32 Å². The van der Waals surface area contributed by atoms with Crippen molar-refractivity contribution in [2.75, 3.05) is 13.2 Å². The number of hydrogen-bond acceptors (Lipinski definition) is 4. The van der Waals surface area contributed by atoms with Gasteiger partial charge in [0.05, 0.1) is 12.1 Å². The Morgan fingerprint density at radius 3 is 2.39 bits per heavy atom. The minimum Gasteiger partial charge on any atom is -0.486 e. The molecule has 1 unspecified atom stereocenters. The fraction of sp³-hybridized carbons (Fsp3) is 0.562. The van der Waals surface area contributed by atoms with E-state index in [0.29, 0.717) is 31.3 Å². The Hall–Kier alpha value is -0.980. The second kappa shape index (κ2) is 8.76. The van der Waals surface area contributed by atoms with Gasteiger partial charge in [-0.15, -0.1) is 12.4 Å². The van der Waals surface area contributed by atoms with E-state index in [1.54, 1.807) is 0 Å². The van der Waals surface area contributed by atoms with Gasteiger partial charge >= 0.3 is 0 Å². The third kappa shape index (κ3) is 5.26. The van der Waals surface area contributed by atoms with Crippen LogP contribution < -0.4 is 20.5 Å². The maximum absolute atomic E-state index is 12.2. The number of carbonyl (C=O) groups is 1. The highest BCUT2D eigenvalue weighted by atomic mass is 79.9. The minimum absolute atomic E-state index is 0. The van der Waals surface area contributed by atoms with Gasteiger partial charge in [-0.2, -0.15) is 0 Å². The summed E-state index contributed by atoms with van der Waals surface area (Å²) in [5, 5.41) is 2.96. The number of amides is 1. The molecule has 3 N–H and O–H groups in total. The molecule has 0 fully saturated rings. The van der Waals surface area contributed by atoms with Crippen LogP contribution in [0.2, 0.25) is 0 Å². The number of nitrogens with two attached hydrogens (primary N) is 1. The van der Waals surface area contributed by atoms with Gasteiger partial charge in [0.25, 0.3) is 0 Å². The summed E-state index contributed by atoms with van der Waals surface area (Å²) >= 11 is 3.53. The molecule has 7 heteroatoms. The Morgan fingerprint density at radius 2 is 1.83 bits per heavy atom. The smallest absolute Gasteiger partial charge is 0.237 e. The minimum atomic E-state index is -0.488. The molecule has 130 valence electrons. The van der Waals surface area contributed by atoms with Crippen molar-refractivity contribution < 1.29 is 14.3 Å². The average molecular weight is 408 g/mol. The van der Waals surface area contributed by atoms with Crippen LogP contribution in [0.5, 0.6) is 11.5 Å². The molecule has 1 aliphatic rings. The maximum atomic E-state index is 12.2. The topological polar surface area (TPSA) is 73.6 Å². The zero-order chi connectivity index (χ0) is 16.3. The quantitative estimate of drug-likeness (QED) is 0.786. The third-order valence-electron chi connectivity index (χ3n) is 3.55. The van der Waals surface area contributed by atoms with E-state index in [1.807, 2.05) is 32.9 Å². The Balaban J connectivity index is 0.00000264. The predicted octanol–water partition coefficient (Wildman–Crippen LogP) is 3.19. The molecule has 1 aliphatic heterocycles. The first kappa shape index (κ1) is 20.1. The molecule has 1 aromatic rings. The summed E-state index contributed by atoms with van der Waals surface area (Å²) in [6.07, 6.45) is 0.668. The standard InChI is InChI=1S/C16H23BrN2O3.ClH/c1-9(2)6-13(18)16(20)19-10(3)11-7-14-15(8-12(11)17)22-5-4-21-14;/h7-10,13H,4-6,18H2,1-3H3,(H,19,20);1H/t10?,13-;/m0./s1. The van der Waals surface area contributed by atoms with Crippen molar-refractivity contribution in [2.24, 2.45) is 11.7 Å². The van der Waals surface area contributed by atoms with Gasteiger partial charge in [0, 0.05) is 4.47 Å².